The van der Waals surface area contributed by atoms with Gasteiger partial charge in [0, 0.05) is 5.56 Å². The molecule has 2 rings (SSSR count). The summed E-state index contributed by atoms with van der Waals surface area (Å²) >= 11 is 0. The first-order valence-electron chi connectivity index (χ1n) is 7.76. The molecule has 0 aromatic heterocycles. The van der Waals surface area contributed by atoms with Crippen molar-refractivity contribution in [2.45, 2.75) is 6.61 Å². The van der Waals surface area contributed by atoms with Crippen molar-refractivity contribution < 1.29 is 23.7 Å². The van der Waals surface area contributed by atoms with Gasteiger partial charge in [0.15, 0.2) is 11.5 Å². The number of methoxy groups -OCH3 is 3. The van der Waals surface area contributed by atoms with E-state index in [0.717, 1.165) is 5.56 Å². The number of esters is 1. The van der Waals surface area contributed by atoms with Crippen molar-refractivity contribution in [3.05, 3.63) is 59.2 Å². The Bertz CT molecular complexity index is 837. The van der Waals surface area contributed by atoms with Crippen LogP contribution in [0.3, 0.4) is 0 Å². The summed E-state index contributed by atoms with van der Waals surface area (Å²) in [6.45, 7) is 0.0851. The lowest BCUT2D eigenvalue weighted by Crippen LogP contribution is -2.07. The molecule has 0 aliphatic carbocycles. The molecule has 0 heterocycles. The Kier molecular flexibility index (Phi) is 6.63. The summed E-state index contributed by atoms with van der Waals surface area (Å²) in [6, 6.07) is 14.4. The molecule has 6 nitrogen and oxygen atoms in total. The maximum absolute atomic E-state index is 12.2. The molecule has 0 saturated heterocycles. The number of rotatable bonds is 7. The first-order chi connectivity index (χ1) is 12.6. The summed E-state index contributed by atoms with van der Waals surface area (Å²) in [5.74, 6) is 0.494. The number of carbonyl (C=O) groups is 1. The van der Waals surface area contributed by atoms with Gasteiger partial charge in [0.25, 0.3) is 0 Å². The smallest absolute Gasteiger partial charge is 0.349 e. The van der Waals surface area contributed by atoms with Crippen molar-refractivity contribution in [1.29, 1.82) is 5.26 Å². The van der Waals surface area contributed by atoms with Crippen LogP contribution in [0.1, 0.15) is 11.1 Å². The van der Waals surface area contributed by atoms with Crippen LogP contribution in [0, 0.1) is 11.3 Å². The maximum atomic E-state index is 12.2. The average molecular weight is 353 g/mol. The first kappa shape index (κ1) is 18.9. The SMILES string of the molecule is COc1ccc(/C=C(\C#N)C(=O)OCc2ccccc2)c(OC)c1OC. The molecule has 0 radical (unpaired) electrons. The minimum Gasteiger partial charge on any atom is -0.493 e. The second kappa shape index (κ2) is 9.14. The van der Waals surface area contributed by atoms with Gasteiger partial charge in [-0.3, -0.25) is 0 Å². The second-order valence-corrected chi connectivity index (χ2v) is 5.16. The molecular formula is C20H19NO5. The molecule has 0 atom stereocenters. The van der Waals surface area contributed by atoms with Gasteiger partial charge >= 0.3 is 5.97 Å². The predicted octanol–water partition coefficient (Wildman–Crippen LogP) is 3.36. The highest BCUT2D eigenvalue weighted by Gasteiger charge is 2.17. The molecule has 26 heavy (non-hydrogen) atoms. The lowest BCUT2D eigenvalue weighted by Gasteiger charge is -2.14. The molecule has 0 N–H and O–H groups in total. The molecule has 2 aromatic carbocycles. The van der Waals surface area contributed by atoms with E-state index >= 15 is 0 Å². The Morgan fingerprint density at radius 2 is 1.69 bits per heavy atom. The summed E-state index contributed by atoms with van der Waals surface area (Å²) in [4.78, 5) is 12.2. The first-order valence-corrected chi connectivity index (χ1v) is 7.76. The average Bonchev–Trinajstić information content (AvgIpc) is 2.70. The van der Waals surface area contributed by atoms with E-state index in [1.807, 2.05) is 36.4 Å². The summed E-state index contributed by atoms with van der Waals surface area (Å²) in [7, 11) is 4.45. The number of benzene rings is 2. The third-order valence-corrected chi connectivity index (χ3v) is 3.59. The van der Waals surface area contributed by atoms with Crippen LogP contribution in [-0.2, 0) is 16.1 Å². The maximum Gasteiger partial charge on any atom is 0.349 e. The van der Waals surface area contributed by atoms with E-state index in [1.165, 1.54) is 27.4 Å². The topological polar surface area (TPSA) is 77.8 Å². The van der Waals surface area contributed by atoms with Crippen molar-refractivity contribution in [3.63, 3.8) is 0 Å². The van der Waals surface area contributed by atoms with Crippen molar-refractivity contribution in [2.24, 2.45) is 0 Å². The van der Waals surface area contributed by atoms with Gasteiger partial charge in [0.1, 0.15) is 18.2 Å². The van der Waals surface area contributed by atoms with Crippen LogP contribution in [0.25, 0.3) is 6.08 Å². The Labute approximate surface area is 152 Å². The minimum absolute atomic E-state index is 0.0851. The lowest BCUT2D eigenvalue weighted by molar-refractivity contribution is -0.139. The van der Waals surface area contributed by atoms with Crippen LogP contribution in [0.5, 0.6) is 17.2 Å². The third-order valence-electron chi connectivity index (χ3n) is 3.59. The number of carbonyl (C=O) groups excluding carboxylic acids is 1. The Morgan fingerprint density at radius 1 is 1.00 bits per heavy atom. The number of hydrogen-bond acceptors (Lipinski definition) is 6. The zero-order valence-corrected chi connectivity index (χ0v) is 14.8. The number of hydrogen-bond donors (Lipinski definition) is 0. The molecule has 0 bridgehead atoms. The van der Waals surface area contributed by atoms with Gasteiger partial charge in [-0.25, -0.2) is 4.79 Å². The molecule has 0 fully saturated rings. The van der Waals surface area contributed by atoms with Crippen LogP contribution in [0.4, 0.5) is 0 Å². The molecule has 0 aliphatic rings. The van der Waals surface area contributed by atoms with Crippen LogP contribution in [0.2, 0.25) is 0 Å². The zero-order chi connectivity index (χ0) is 18.9. The highest BCUT2D eigenvalue weighted by Crippen LogP contribution is 2.40. The predicted molar refractivity (Wildman–Crippen MR) is 95.9 cm³/mol. The van der Waals surface area contributed by atoms with Gasteiger partial charge in [-0.1, -0.05) is 30.3 Å². The number of nitrogens with zero attached hydrogens (tertiary/aromatic N) is 1. The van der Waals surface area contributed by atoms with Gasteiger partial charge in [-0.2, -0.15) is 5.26 Å². The molecule has 6 heteroatoms. The van der Waals surface area contributed by atoms with Crippen molar-refractivity contribution >= 4 is 12.0 Å². The van der Waals surface area contributed by atoms with Gasteiger partial charge in [0.05, 0.1) is 21.3 Å². The summed E-state index contributed by atoms with van der Waals surface area (Å²) in [5, 5.41) is 9.33. The van der Waals surface area contributed by atoms with Crippen molar-refractivity contribution in [2.75, 3.05) is 21.3 Å². The van der Waals surface area contributed by atoms with E-state index in [0.29, 0.717) is 22.8 Å². The van der Waals surface area contributed by atoms with E-state index in [-0.39, 0.29) is 12.2 Å². The van der Waals surface area contributed by atoms with Crippen LogP contribution >= 0.6 is 0 Å². The number of nitriles is 1. The van der Waals surface area contributed by atoms with Gasteiger partial charge < -0.3 is 18.9 Å². The standard InChI is InChI=1S/C20H19NO5/c1-23-17-10-9-15(18(24-2)19(17)25-3)11-16(12-21)20(22)26-13-14-7-5-4-6-8-14/h4-11H,13H2,1-3H3/b16-11+. The fourth-order valence-electron chi connectivity index (χ4n) is 2.33. The Morgan fingerprint density at radius 3 is 2.27 bits per heavy atom. The van der Waals surface area contributed by atoms with Crippen molar-refractivity contribution in [3.8, 4) is 23.3 Å². The molecule has 0 saturated carbocycles. The quantitative estimate of drug-likeness (QED) is 0.431. The van der Waals surface area contributed by atoms with Crippen LogP contribution < -0.4 is 14.2 Å². The summed E-state index contributed by atoms with van der Waals surface area (Å²) in [5.41, 5.74) is 1.19. The zero-order valence-electron chi connectivity index (χ0n) is 14.8. The van der Waals surface area contributed by atoms with E-state index in [2.05, 4.69) is 0 Å². The molecular weight excluding hydrogens is 334 g/mol. The molecule has 134 valence electrons. The number of ether oxygens (including phenoxy) is 4. The second-order valence-electron chi connectivity index (χ2n) is 5.16. The summed E-state index contributed by atoms with van der Waals surface area (Å²) in [6.07, 6.45) is 1.40. The molecule has 2 aromatic rings. The third kappa shape index (κ3) is 4.33. The monoisotopic (exact) mass is 353 g/mol. The Hall–Kier alpha value is -3.46. The highest BCUT2D eigenvalue weighted by molar-refractivity contribution is 5.98. The van der Waals surface area contributed by atoms with E-state index in [4.69, 9.17) is 18.9 Å². The normalized spacial score (nSPS) is 10.6. The lowest BCUT2D eigenvalue weighted by atomic mass is 10.1. The van der Waals surface area contributed by atoms with E-state index in [9.17, 15) is 10.1 Å². The van der Waals surface area contributed by atoms with E-state index < -0.39 is 5.97 Å². The molecule has 0 aliphatic heterocycles. The van der Waals surface area contributed by atoms with Gasteiger partial charge in [-0.05, 0) is 23.8 Å². The Balaban J connectivity index is 2.28. The molecule has 0 unspecified atom stereocenters. The minimum atomic E-state index is -0.715. The van der Waals surface area contributed by atoms with Crippen molar-refractivity contribution in [1.82, 2.24) is 0 Å². The van der Waals surface area contributed by atoms with Crippen LogP contribution in [0.15, 0.2) is 48.0 Å². The fourth-order valence-corrected chi connectivity index (χ4v) is 2.33. The van der Waals surface area contributed by atoms with E-state index in [1.54, 1.807) is 12.1 Å². The largest absolute Gasteiger partial charge is 0.493 e. The molecule has 0 amide bonds. The van der Waals surface area contributed by atoms with Crippen LogP contribution in [-0.4, -0.2) is 27.3 Å². The fraction of sp³-hybridized carbons (Fsp3) is 0.200. The molecule has 0 spiro atoms. The summed E-state index contributed by atoms with van der Waals surface area (Å²) < 4.78 is 21.1. The highest BCUT2D eigenvalue weighted by atomic mass is 16.5. The van der Waals surface area contributed by atoms with Gasteiger partial charge in [-0.15, -0.1) is 0 Å². The van der Waals surface area contributed by atoms with Gasteiger partial charge in [0.2, 0.25) is 5.75 Å².